The van der Waals surface area contributed by atoms with Crippen molar-refractivity contribution in [3.63, 3.8) is 0 Å². The number of ether oxygens (including phenoxy) is 1. The van der Waals surface area contributed by atoms with Gasteiger partial charge in [0.15, 0.2) is 0 Å². The second-order valence-electron chi connectivity index (χ2n) is 6.95. The minimum Gasteiger partial charge on any atom is -0.495 e. The molecule has 1 fully saturated rings. The molecule has 1 saturated heterocycles. The number of rotatable bonds is 4. The van der Waals surface area contributed by atoms with Crippen LogP contribution in [0.5, 0.6) is 5.75 Å². The van der Waals surface area contributed by atoms with Crippen molar-refractivity contribution in [1.29, 1.82) is 0 Å². The molecule has 0 bridgehead atoms. The Morgan fingerprint density at radius 1 is 1.30 bits per heavy atom. The van der Waals surface area contributed by atoms with Gasteiger partial charge in [-0.15, -0.1) is 0 Å². The highest BCUT2D eigenvalue weighted by Crippen LogP contribution is 2.29. The van der Waals surface area contributed by atoms with Crippen LogP contribution in [0.25, 0.3) is 0 Å². The average molecular weight is 370 g/mol. The highest BCUT2D eigenvalue weighted by atomic mass is 16.5. The average Bonchev–Trinajstić information content (AvgIpc) is 2.64. The number of piperazine rings is 1. The first-order chi connectivity index (χ1) is 12.9. The van der Waals surface area contributed by atoms with Gasteiger partial charge in [-0.25, -0.2) is 4.98 Å². The van der Waals surface area contributed by atoms with Crippen molar-refractivity contribution in [2.75, 3.05) is 31.6 Å². The van der Waals surface area contributed by atoms with Crippen LogP contribution in [-0.2, 0) is 11.2 Å². The zero-order valence-corrected chi connectivity index (χ0v) is 16.3. The van der Waals surface area contributed by atoms with Gasteiger partial charge < -0.3 is 19.5 Å². The second kappa shape index (κ2) is 7.82. The first-order valence-electron chi connectivity index (χ1n) is 9.14. The van der Waals surface area contributed by atoms with E-state index in [1.165, 1.54) is 0 Å². The number of para-hydroxylation sites is 2. The van der Waals surface area contributed by atoms with Gasteiger partial charge in [-0.05, 0) is 32.9 Å². The van der Waals surface area contributed by atoms with E-state index in [1.807, 2.05) is 36.1 Å². The van der Waals surface area contributed by atoms with Crippen LogP contribution in [0.4, 0.5) is 5.69 Å². The first kappa shape index (κ1) is 18.9. The lowest BCUT2D eigenvalue weighted by Gasteiger charge is -2.41. The van der Waals surface area contributed by atoms with Crippen LogP contribution in [0.1, 0.15) is 24.0 Å². The maximum absolute atomic E-state index is 12.8. The summed E-state index contributed by atoms with van der Waals surface area (Å²) in [5, 5.41) is 0. The summed E-state index contributed by atoms with van der Waals surface area (Å²) in [7, 11) is 1.66. The van der Waals surface area contributed by atoms with E-state index in [2.05, 4.69) is 14.9 Å². The number of carbonyl (C=O) groups is 1. The molecule has 7 nitrogen and oxygen atoms in total. The van der Waals surface area contributed by atoms with Gasteiger partial charge in [0.05, 0.1) is 19.2 Å². The molecule has 0 spiro atoms. The molecule has 7 heteroatoms. The minimum absolute atomic E-state index is 0.0361. The molecule has 1 aliphatic heterocycles. The van der Waals surface area contributed by atoms with Crippen LogP contribution in [0.15, 0.2) is 29.1 Å². The van der Waals surface area contributed by atoms with Gasteiger partial charge >= 0.3 is 0 Å². The topological polar surface area (TPSA) is 78.5 Å². The monoisotopic (exact) mass is 370 g/mol. The third-order valence-corrected chi connectivity index (χ3v) is 5.04. The molecule has 0 radical (unpaired) electrons. The lowest BCUT2D eigenvalue weighted by Crippen LogP contribution is -2.54. The molecule has 3 rings (SSSR count). The number of hydrogen-bond donors (Lipinski definition) is 1. The number of benzene rings is 1. The fourth-order valence-corrected chi connectivity index (χ4v) is 3.65. The van der Waals surface area contributed by atoms with Gasteiger partial charge in [0, 0.05) is 36.9 Å². The van der Waals surface area contributed by atoms with Gasteiger partial charge in [0.2, 0.25) is 5.91 Å². The van der Waals surface area contributed by atoms with E-state index in [-0.39, 0.29) is 23.9 Å². The number of aromatic amines is 1. The van der Waals surface area contributed by atoms with Gasteiger partial charge in [-0.3, -0.25) is 9.59 Å². The summed E-state index contributed by atoms with van der Waals surface area (Å²) in [6.45, 7) is 7.58. The zero-order chi connectivity index (χ0) is 19.6. The lowest BCUT2D eigenvalue weighted by molar-refractivity contribution is -0.132. The Labute approximate surface area is 159 Å². The molecule has 2 heterocycles. The Morgan fingerprint density at radius 2 is 2.04 bits per heavy atom. The molecule has 144 valence electrons. The normalized spacial score (nSPS) is 17.1. The molecular formula is C20H26N4O3. The van der Waals surface area contributed by atoms with Crippen LogP contribution in [-0.4, -0.2) is 53.6 Å². The predicted octanol–water partition coefficient (Wildman–Crippen LogP) is 1.68. The quantitative estimate of drug-likeness (QED) is 0.886. The molecule has 1 aromatic heterocycles. The highest BCUT2D eigenvalue weighted by molar-refractivity contribution is 5.79. The van der Waals surface area contributed by atoms with Crippen molar-refractivity contribution in [2.45, 2.75) is 33.2 Å². The van der Waals surface area contributed by atoms with E-state index in [0.717, 1.165) is 18.0 Å². The largest absolute Gasteiger partial charge is 0.495 e. The standard InChI is InChI=1S/C20H26N4O3/c1-13-12-23(17-7-5-6-8-18(17)27-4)9-10-24(13)19(25)11-16-14(2)21-15(3)22-20(16)26/h5-8,13H,9-12H2,1-4H3,(H,21,22,26)/t13-/m0/s1. The molecule has 0 unspecified atom stereocenters. The van der Waals surface area contributed by atoms with E-state index in [4.69, 9.17) is 4.74 Å². The summed E-state index contributed by atoms with van der Waals surface area (Å²) in [4.78, 5) is 36.1. The number of aromatic nitrogens is 2. The van der Waals surface area contributed by atoms with Crippen molar-refractivity contribution in [2.24, 2.45) is 0 Å². The molecule has 1 aromatic carbocycles. The van der Waals surface area contributed by atoms with Gasteiger partial charge in [-0.2, -0.15) is 0 Å². The molecule has 1 aliphatic rings. The zero-order valence-electron chi connectivity index (χ0n) is 16.3. The molecular weight excluding hydrogens is 344 g/mol. The number of H-pyrrole nitrogens is 1. The molecule has 2 aromatic rings. The Kier molecular flexibility index (Phi) is 5.48. The van der Waals surface area contributed by atoms with Gasteiger partial charge in [0.1, 0.15) is 11.6 Å². The molecule has 1 atom stereocenters. The van der Waals surface area contributed by atoms with E-state index >= 15 is 0 Å². The molecule has 27 heavy (non-hydrogen) atoms. The smallest absolute Gasteiger partial charge is 0.254 e. The number of carbonyl (C=O) groups excluding carboxylic acids is 1. The number of anilines is 1. The fraction of sp³-hybridized carbons (Fsp3) is 0.450. The van der Waals surface area contributed by atoms with Crippen molar-refractivity contribution in [3.8, 4) is 5.75 Å². The van der Waals surface area contributed by atoms with Crippen molar-refractivity contribution in [1.82, 2.24) is 14.9 Å². The number of hydrogen-bond acceptors (Lipinski definition) is 5. The Morgan fingerprint density at radius 3 is 2.70 bits per heavy atom. The number of aryl methyl sites for hydroxylation is 2. The Balaban J connectivity index is 1.71. The molecule has 0 aliphatic carbocycles. The van der Waals surface area contributed by atoms with Gasteiger partial charge in [0.25, 0.3) is 5.56 Å². The van der Waals surface area contributed by atoms with Crippen molar-refractivity contribution >= 4 is 11.6 Å². The van der Waals surface area contributed by atoms with Crippen LogP contribution < -0.4 is 15.2 Å². The van der Waals surface area contributed by atoms with Crippen molar-refractivity contribution in [3.05, 3.63) is 51.7 Å². The van der Waals surface area contributed by atoms with Crippen LogP contribution >= 0.6 is 0 Å². The number of nitrogens with zero attached hydrogens (tertiary/aromatic N) is 3. The second-order valence-corrected chi connectivity index (χ2v) is 6.95. The maximum atomic E-state index is 12.8. The third-order valence-electron chi connectivity index (χ3n) is 5.04. The fourth-order valence-electron chi connectivity index (χ4n) is 3.65. The maximum Gasteiger partial charge on any atom is 0.254 e. The van der Waals surface area contributed by atoms with Gasteiger partial charge in [-0.1, -0.05) is 12.1 Å². The summed E-state index contributed by atoms with van der Waals surface area (Å²) in [5.41, 5.74) is 1.87. The minimum atomic E-state index is -0.228. The summed E-state index contributed by atoms with van der Waals surface area (Å²) in [6.07, 6.45) is 0.0768. The summed E-state index contributed by atoms with van der Waals surface area (Å²) in [5.74, 6) is 1.35. The molecule has 0 saturated carbocycles. The highest BCUT2D eigenvalue weighted by Gasteiger charge is 2.29. The van der Waals surface area contributed by atoms with Crippen LogP contribution in [0.2, 0.25) is 0 Å². The van der Waals surface area contributed by atoms with E-state index < -0.39 is 0 Å². The molecule has 1 amide bonds. The predicted molar refractivity (Wildman–Crippen MR) is 104 cm³/mol. The summed E-state index contributed by atoms with van der Waals surface area (Å²) >= 11 is 0. The van der Waals surface area contributed by atoms with E-state index in [9.17, 15) is 9.59 Å². The number of nitrogens with one attached hydrogen (secondary N) is 1. The Bertz CT molecular complexity index is 893. The van der Waals surface area contributed by atoms with Crippen LogP contribution in [0, 0.1) is 13.8 Å². The molecule has 1 N–H and O–H groups in total. The summed E-state index contributed by atoms with van der Waals surface area (Å²) in [6, 6.07) is 7.94. The third kappa shape index (κ3) is 3.97. The van der Waals surface area contributed by atoms with E-state index in [1.54, 1.807) is 21.0 Å². The first-order valence-corrected chi connectivity index (χ1v) is 9.14. The number of methoxy groups -OCH3 is 1. The SMILES string of the molecule is COc1ccccc1N1CCN(C(=O)Cc2c(C)nc(C)[nH]c2=O)[C@@H](C)C1. The van der Waals surface area contributed by atoms with Crippen molar-refractivity contribution < 1.29 is 9.53 Å². The van der Waals surface area contributed by atoms with Crippen LogP contribution in [0.3, 0.4) is 0 Å². The van der Waals surface area contributed by atoms with E-state index in [0.29, 0.717) is 30.2 Å². The summed E-state index contributed by atoms with van der Waals surface area (Å²) < 4.78 is 5.46. The Hall–Kier alpha value is -2.83. The lowest BCUT2D eigenvalue weighted by atomic mass is 10.1. The number of amides is 1.